The highest BCUT2D eigenvalue weighted by Crippen LogP contribution is 2.07. The molecule has 1 N–H and O–H groups in total. The molecule has 5 nitrogen and oxygen atoms in total. The van der Waals surface area contributed by atoms with Gasteiger partial charge in [0.2, 0.25) is 5.95 Å². The molecule has 1 aromatic heterocycles. The Morgan fingerprint density at radius 3 is 2.41 bits per heavy atom. The van der Waals surface area contributed by atoms with Gasteiger partial charge in [0.15, 0.2) is 0 Å². The summed E-state index contributed by atoms with van der Waals surface area (Å²) in [7, 11) is 0. The fourth-order valence-electron chi connectivity index (χ4n) is 1.47. The molecule has 5 heteroatoms. The van der Waals surface area contributed by atoms with Crippen LogP contribution in [0.1, 0.15) is 32.2 Å². The van der Waals surface area contributed by atoms with E-state index in [1.54, 1.807) is 0 Å². The van der Waals surface area contributed by atoms with E-state index in [2.05, 4.69) is 46.2 Å². The van der Waals surface area contributed by atoms with Gasteiger partial charge in [-0.25, -0.2) is 4.98 Å². The number of hydrogen-bond acceptors (Lipinski definition) is 5. The average molecular weight is 237 g/mol. The fraction of sp³-hybridized carbons (Fsp3) is 0.750. The molecule has 1 heterocycles. The third-order valence-corrected chi connectivity index (χ3v) is 2.68. The van der Waals surface area contributed by atoms with E-state index in [1.165, 1.54) is 0 Å². The number of rotatable bonds is 6. The zero-order valence-electron chi connectivity index (χ0n) is 11.5. The van der Waals surface area contributed by atoms with E-state index in [0.29, 0.717) is 6.04 Å². The zero-order valence-corrected chi connectivity index (χ0v) is 11.5. The lowest BCUT2D eigenvalue weighted by Gasteiger charge is -2.21. The predicted molar refractivity (Wildman–Crippen MR) is 70.3 cm³/mol. The van der Waals surface area contributed by atoms with Crippen molar-refractivity contribution in [1.82, 2.24) is 20.5 Å². The van der Waals surface area contributed by atoms with Gasteiger partial charge in [-0.15, -0.1) is 5.10 Å². The van der Waals surface area contributed by atoms with Gasteiger partial charge in [-0.1, -0.05) is 13.8 Å². The van der Waals surface area contributed by atoms with Crippen LogP contribution >= 0.6 is 0 Å². The fourth-order valence-corrected chi connectivity index (χ4v) is 1.47. The van der Waals surface area contributed by atoms with E-state index in [0.717, 1.165) is 37.0 Å². The van der Waals surface area contributed by atoms with E-state index < -0.39 is 0 Å². The number of likely N-dealkylation sites (N-methyl/N-ethyl adjacent to an activating group) is 1. The Balaban J connectivity index is 2.62. The van der Waals surface area contributed by atoms with Crippen LogP contribution in [0.3, 0.4) is 0 Å². The minimum Gasteiger partial charge on any atom is -0.339 e. The molecule has 0 atom stereocenters. The van der Waals surface area contributed by atoms with Crippen LogP contribution in [0.5, 0.6) is 0 Å². The summed E-state index contributed by atoms with van der Waals surface area (Å²) in [5, 5.41) is 11.6. The van der Waals surface area contributed by atoms with Gasteiger partial charge in [0, 0.05) is 25.7 Å². The molecular weight excluding hydrogens is 214 g/mol. The molecule has 0 bridgehead atoms. The second-order valence-corrected chi connectivity index (χ2v) is 4.47. The van der Waals surface area contributed by atoms with E-state index >= 15 is 0 Å². The monoisotopic (exact) mass is 237 g/mol. The zero-order chi connectivity index (χ0) is 12.8. The van der Waals surface area contributed by atoms with E-state index in [9.17, 15) is 0 Å². The average Bonchev–Trinajstić information content (AvgIpc) is 2.28. The van der Waals surface area contributed by atoms with Gasteiger partial charge < -0.3 is 10.2 Å². The molecule has 0 saturated heterocycles. The number of nitrogens with one attached hydrogen (secondary N) is 1. The van der Waals surface area contributed by atoms with Crippen molar-refractivity contribution in [2.75, 3.05) is 24.5 Å². The smallest absolute Gasteiger partial charge is 0.245 e. The van der Waals surface area contributed by atoms with Crippen LogP contribution in [0.4, 0.5) is 5.95 Å². The van der Waals surface area contributed by atoms with Gasteiger partial charge in [-0.2, -0.15) is 5.10 Å². The van der Waals surface area contributed by atoms with Gasteiger partial charge in [0.25, 0.3) is 0 Å². The SMILES string of the molecule is CCN(CCNC(C)C)c1nnc(C)c(C)n1. The summed E-state index contributed by atoms with van der Waals surface area (Å²) >= 11 is 0. The van der Waals surface area contributed by atoms with Crippen molar-refractivity contribution in [2.24, 2.45) is 0 Å². The quantitative estimate of drug-likeness (QED) is 0.808. The summed E-state index contributed by atoms with van der Waals surface area (Å²) in [6.07, 6.45) is 0. The maximum atomic E-state index is 4.47. The normalized spacial score (nSPS) is 10.9. The first kappa shape index (κ1) is 13.8. The molecule has 0 aliphatic rings. The second-order valence-electron chi connectivity index (χ2n) is 4.47. The third-order valence-electron chi connectivity index (χ3n) is 2.68. The van der Waals surface area contributed by atoms with E-state index in [-0.39, 0.29) is 0 Å². The second kappa shape index (κ2) is 6.49. The molecule has 1 rings (SSSR count). The first-order valence-electron chi connectivity index (χ1n) is 6.20. The minimum atomic E-state index is 0.507. The molecule has 0 aromatic carbocycles. The lowest BCUT2D eigenvalue weighted by Crippen LogP contribution is -2.36. The Labute approximate surface area is 104 Å². The lowest BCUT2D eigenvalue weighted by atomic mass is 10.3. The molecule has 0 aliphatic heterocycles. The highest BCUT2D eigenvalue weighted by molar-refractivity contribution is 5.29. The van der Waals surface area contributed by atoms with Crippen LogP contribution in [-0.4, -0.2) is 40.9 Å². The molecule has 0 saturated carbocycles. The highest BCUT2D eigenvalue weighted by atomic mass is 15.3. The van der Waals surface area contributed by atoms with Crippen molar-refractivity contribution in [3.8, 4) is 0 Å². The Morgan fingerprint density at radius 1 is 1.18 bits per heavy atom. The predicted octanol–water partition coefficient (Wildman–Crippen LogP) is 1.31. The molecule has 17 heavy (non-hydrogen) atoms. The summed E-state index contributed by atoms with van der Waals surface area (Å²) < 4.78 is 0. The lowest BCUT2D eigenvalue weighted by molar-refractivity contribution is 0.579. The van der Waals surface area contributed by atoms with Crippen LogP contribution in [0, 0.1) is 13.8 Å². The van der Waals surface area contributed by atoms with Crippen LogP contribution < -0.4 is 10.2 Å². The van der Waals surface area contributed by atoms with E-state index in [4.69, 9.17) is 0 Å². The van der Waals surface area contributed by atoms with Crippen molar-refractivity contribution in [3.63, 3.8) is 0 Å². The summed E-state index contributed by atoms with van der Waals surface area (Å²) in [5.41, 5.74) is 1.84. The molecule has 0 radical (unpaired) electrons. The van der Waals surface area contributed by atoms with E-state index in [1.807, 2.05) is 13.8 Å². The van der Waals surface area contributed by atoms with Gasteiger partial charge in [0.05, 0.1) is 11.4 Å². The molecular formula is C12H23N5. The third kappa shape index (κ3) is 4.26. The summed E-state index contributed by atoms with van der Waals surface area (Å²) in [6.45, 7) is 13.0. The molecule has 0 fully saturated rings. The first-order chi connectivity index (χ1) is 8.04. The van der Waals surface area contributed by atoms with Crippen molar-refractivity contribution in [3.05, 3.63) is 11.4 Å². The molecule has 0 spiro atoms. The Kier molecular flexibility index (Phi) is 5.28. The number of aryl methyl sites for hydroxylation is 2. The Bertz CT molecular complexity index is 351. The van der Waals surface area contributed by atoms with Gasteiger partial charge in [0.1, 0.15) is 0 Å². The molecule has 0 amide bonds. The summed E-state index contributed by atoms with van der Waals surface area (Å²) in [5.74, 6) is 0.723. The topological polar surface area (TPSA) is 53.9 Å². The number of anilines is 1. The number of aromatic nitrogens is 3. The van der Waals surface area contributed by atoms with Gasteiger partial charge >= 0.3 is 0 Å². The maximum absolute atomic E-state index is 4.47. The van der Waals surface area contributed by atoms with Crippen molar-refractivity contribution in [1.29, 1.82) is 0 Å². The summed E-state index contributed by atoms with van der Waals surface area (Å²) in [4.78, 5) is 6.60. The van der Waals surface area contributed by atoms with Crippen LogP contribution in [0.25, 0.3) is 0 Å². The highest BCUT2D eigenvalue weighted by Gasteiger charge is 2.09. The van der Waals surface area contributed by atoms with Crippen LogP contribution in [-0.2, 0) is 0 Å². The largest absolute Gasteiger partial charge is 0.339 e. The van der Waals surface area contributed by atoms with Crippen LogP contribution in [0.15, 0.2) is 0 Å². The number of hydrogen-bond donors (Lipinski definition) is 1. The maximum Gasteiger partial charge on any atom is 0.245 e. The van der Waals surface area contributed by atoms with Gasteiger partial charge in [-0.05, 0) is 20.8 Å². The van der Waals surface area contributed by atoms with Crippen molar-refractivity contribution in [2.45, 2.75) is 40.7 Å². The first-order valence-corrected chi connectivity index (χ1v) is 6.20. The van der Waals surface area contributed by atoms with Crippen molar-refractivity contribution < 1.29 is 0 Å². The van der Waals surface area contributed by atoms with Crippen LogP contribution in [0.2, 0.25) is 0 Å². The Hall–Kier alpha value is -1.23. The number of nitrogens with zero attached hydrogens (tertiary/aromatic N) is 4. The van der Waals surface area contributed by atoms with Crippen molar-refractivity contribution >= 4 is 5.95 Å². The molecule has 96 valence electrons. The minimum absolute atomic E-state index is 0.507. The van der Waals surface area contributed by atoms with Gasteiger partial charge in [-0.3, -0.25) is 0 Å². The summed E-state index contributed by atoms with van der Waals surface area (Å²) in [6, 6.07) is 0.507. The molecule has 1 aromatic rings. The Morgan fingerprint density at radius 2 is 1.88 bits per heavy atom. The molecule has 0 aliphatic carbocycles. The molecule has 0 unspecified atom stereocenters. The standard InChI is InChI=1S/C12H23N5/c1-6-17(8-7-13-9(2)3)12-14-10(4)11(5)15-16-12/h9,13H,6-8H2,1-5H3.